The second-order valence-electron chi connectivity index (χ2n) is 8.44. The van der Waals surface area contributed by atoms with Crippen molar-refractivity contribution in [2.24, 2.45) is 5.92 Å². The zero-order valence-electron chi connectivity index (χ0n) is 19.3. The number of carbonyl (C=O) groups excluding carboxylic acids is 1. The van der Waals surface area contributed by atoms with Gasteiger partial charge in [0.1, 0.15) is 18.1 Å². The van der Waals surface area contributed by atoms with Gasteiger partial charge < -0.3 is 19.3 Å². The van der Waals surface area contributed by atoms with Crippen LogP contribution in [0.5, 0.6) is 11.5 Å². The van der Waals surface area contributed by atoms with E-state index in [1.807, 2.05) is 42.5 Å². The normalized spacial score (nSPS) is 17.1. The second-order valence-corrected chi connectivity index (χ2v) is 8.44. The zero-order chi connectivity index (χ0) is 22.8. The summed E-state index contributed by atoms with van der Waals surface area (Å²) in [5, 5.41) is 10.7. The third-order valence-electron chi connectivity index (χ3n) is 5.97. The number of ether oxygens (including phenoxy) is 3. The maximum atomic E-state index is 11.9. The van der Waals surface area contributed by atoms with Crippen LogP contribution >= 0.6 is 0 Å². The minimum Gasteiger partial charge on any atom is -0.494 e. The van der Waals surface area contributed by atoms with Crippen LogP contribution in [-0.2, 0) is 22.6 Å². The molecule has 1 N–H and O–H groups in total. The van der Waals surface area contributed by atoms with Crippen LogP contribution in [0.25, 0.3) is 0 Å². The van der Waals surface area contributed by atoms with Gasteiger partial charge in [0.15, 0.2) is 0 Å². The number of fused-ring (bicyclic) bond motifs is 1. The van der Waals surface area contributed by atoms with E-state index in [0.717, 1.165) is 41.2 Å². The summed E-state index contributed by atoms with van der Waals surface area (Å²) in [5.41, 5.74) is 2.89. The van der Waals surface area contributed by atoms with Gasteiger partial charge in [-0.15, -0.1) is 0 Å². The van der Waals surface area contributed by atoms with Gasteiger partial charge in [0, 0.05) is 11.5 Å². The number of esters is 1. The number of hydrogen-bond donors (Lipinski definition) is 1. The van der Waals surface area contributed by atoms with Crippen molar-refractivity contribution in [3.63, 3.8) is 0 Å². The molecule has 0 aliphatic heterocycles. The molecular weight excluding hydrogens is 404 g/mol. The molecule has 2 atom stereocenters. The highest BCUT2D eigenvalue weighted by molar-refractivity contribution is 5.70. The number of benzene rings is 2. The van der Waals surface area contributed by atoms with Crippen molar-refractivity contribution in [1.29, 1.82) is 0 Å². The number of rotatable bonds is 13. The fraction of sp³-hybridized carbons (Fsp3) is 0.519. The van der Waals surface area contributed by atoms with Crippen molar-refractivity contribution in [3.8, 4) is 11.5 Å². The van der Waals surface area contributed by atoms with Crippen LogP contribution in [0.2, 0.25) is 0 Å². The van der Waals surface area contributed by atoms with Crippen molar-refractivity contribution in [2.75, 3.05) is 13.2 Å². The standard InChI is InChI=1S/C27H36O5/c1-3-5-6-7-8-16-31-22-14-12-20(13-15-22)19-32-25-11-9-10-23-24(25)17-21(27(23)29)18-26(28)30-4-2/h9-15,21,27,29H,3-8,16-19H2,1-2H3. The third kappa shape index (κ3) is 6.73. The van der Waals surface area contributed by atoms with E-state index in [2.05, 4.69) is 6.92 Å². The Kier molecular flexibility index (Phi) is 9.42. The van der Waals surface area contributed by atoms with E-state index >= 15 is 0 Å². The first-order valence-electron chi connectivity index (χ1n) is 11.9. The summed E-state index contributed by atoms with van der Waals surface area (Å²) >= 11 is 0. The van der Waals surface area contributed by atoms with Gasteiger partial charge in [-0.05, 0) is 49.1 Å². The topological polar surface area (TPSA) is 65.0 Å². The van der Waals surface area contributed by atoms with Gasteiger partial charge in [-0.2, -0.15) is 0 Å². The minimum absolute atomic E-state index is 0.174. The molecule has 0 saturated carbocycles. The molecule has 0 aromatic heterocycles. The van der Waals surface area contributed by atoms with E-state index in [1.54, 1.807) is 6.92 Å². The van der Waals surface area contributed by atoms with Crippen molar-refractivity contribution in [2.45, 2.75) is 71.5 Å². The molecule has 2 aromatic rings. The predicted octanol–water partition coefficient (Wildman–Crippen LogP) is 5.77. The molecule has 0 bridgehead atoms. The fourth-order valence-electron chi connectivity index (χ4n) is 4.20. The Morgan fingerprint density at radius 3 is 2.53 bits per heavy atom. The van der Waals surface area contributed by atoms with Gasteiger partial charge in [-0.3, -0.25) is 4.79 Å². The molecule has 2 aromatic carbocycles. The number of hydrogen-bond acceptors (Lipinski definition) is 5. The van der Waals surface area contributed by atoms with Crippen LogP contribution in [0.1, 0.15) is 75.2 Å². The summed E-state index contributed by atoms with van der Waals surface area (Å²) in [6.45, 7) is 5.55. The van der Waals surface area contributed by atoms with Crippen LogP contribution in [0, 0.1) is 5.92 Å². The second kappa shape index (κ2) is 12.5. The highest BCUT2D eigenvalue weighted by Gasteiger charge is 2.34. The largest absolute Gasteiger partial charge is 0.494 e. The van der Waals surface area contributed by atoms with Crippen molar-refractivity contribution in [3.05, 3.63) is 59.2 Å². The van der Waals surface area contributed by atoms with Crippen LogP contribution in [0.4, 0.5) is 0 Å². The molecule has 174 valence electrons. The SMILES string of the molecule is CCCCCCCOc1ccc(COc2cccc3c2CC(CC(=O)OCC)C3O)cc1. The number of aliphatic hydroxyl groups is 1. The molecule has 0 amide bonds. The van der Waals surface area contributed by atoms with Crippen LogP contribution < -0.4 is 9.47 Å². The molecule has 0 saturated heterocycles. The molecular formula is C27H36O5. The molecule has 2 unspecified atom stereocenters. The lowest BCUT2D eigenvalue weighted by molar-refractivity contribution is -0.145. The summed E-state index contributed by atoms with van der Waals surface area (Å²) in [6, 6.07) is 13.7. The Hall–Kier alpha value is -2.53. The van der Waals surface area contributed by atoms with E-state index in [0.29, 0.717) is 19.6 Å². The van der Waals surface area contributed by atoms with E-state index in [9.17, 15) is 9.90 Å². The summed E-state index contributed by atoms with van der Waals surface area (Å²) in [7, 11) is 0. The van der Waals surface area contributed by atoms with Crippen molar-refractivity contribution >= 4 is 5.97 Å². The molecule has 0 spiro atoms. The number of aliphatic hydroxyl groups excluding tert-OH is 1. The zero-order valence-corrected chi connectivity index (χ0v) is 19.3. The molecule has 1 aliphatic carbocycles. The lowest BCUT2D eigenvalue weighted by atomic mass is 10.00. The lowest BCUT2D eigenvalue weighted by Gasteiger charge is -2.13. The molecule has 5 nitrogen and oxygen atoms in total. The first kappa shape index (κ1) is 24.1. The van der Waals surface area contributed by atoms with Gasteiger partial charge in [0.2, 0.25) is 0 Å². The molecule has 1 aliphatic rings. The van der Waals surface area contributed by atoms with Crippen molar-refractivity contribution < 1.29 is 24.1 Å². The van der Waals surface area contributed by atoms with E-state index in [-0.39, 0.29) is 18.3 Å². The van der Waals surface area contributed by atoms with Crippen LogP contribution in [0.15, 0.2) is 42.5 Å². The molecule has 0 radical (unpaired) electrons. The summed E-state index contributed by atoms with van der Waals surface area (Å²) < 4.78 is 17.0. The number of carbonyl (C=O) groups is 1. The molecule has 0 heterocycles. The third-order valence-corrected chi connectivity index (χ3v) is 5.97. The minimum atomic E-state index is -0.670. The lowest BCUT2D eigenvalue weighted by Crippen LogP contribution is -2.15. The molecule has 5 heteroatoms. The first-order chi connectivity index (χ1) is 15.6. The Labute approximate surface area is 191 Å². The molecule has 0 fully saturated rings. The maximum Gasteiger partial charge on any atom is 0.306 e. The Morgan fingerprint density at radius 2 is 1.78 bits per heavy atom. The Balaban J connectivity index is 1.50. The van der Waals surface area contributed by atoms with Gasteiger partial charge in [0.25, 0.3) is 0 Å². The monoisotopic (exact) mass is 440 g/mol. The summed E-state index contributed by atoms with van der Waals surface area (Å²) in [6.07, 6.45) is 6.29. The molecule has 32 heavy (non-hydrogen) atoms. The van der Waals surface area contributed by atoms with Crippen LogP contribution in [0.3, 0.4) is 0 Å². The van der Waals surface area contributed by atoms with Crippen molar-refractivity contribution in [1.82, 2.24) is 0 Å². The Morgan fingerprint density at radius 1 is 1.00 bits per heavy atom. The summed E-state index contributed by atoms with van der Waals surface area (Å²) in [5.74, 6) is 1.21. The predicted molar refractivity (Wildman–Crippen MR) is 125 cm³/mol. The summed E-state index contributed by atoms with van der Waals surface area (Å²) in [4.78, 5) is 11.9. The highest BCUT2D eigenvalue weighted by atomic mass is 16.5. The average molecular weight is 441 g/mol. The smallest absolute Gasteiger partial charge is 0.306 e. The van der Waals surface area contributed by atoms with Gasteiger partial charge in [-0.1, -0.05) is 56.9 Å². The highest BCUT2D eigenvalue weighted by Crippen LogP contribution is 2.42. The van der Waals surface area contributed by atoms with E-state index in [4.69, 9.17) is 14.2 Å². The molecule has 3 rings (SSSR count). The first-order valence-corrected chi connectivity index (χ1v) is 11.9. The van der Waals surface area contributed by atoms with E-state index < -0.39 is 6.10 Å². The maximum absolute atomic E-state index is 11.9. The van der Waals surface area contributed by atoms with Gasteiger partial charge >= 0.3 is 5.97 Å². The number of unbranched alkanes of at least 4 members (excludes halogenated alkanes) is 4. The van der Waals surface area contributed by atoms with E-state index in [1.165, 1.54) is 25.7 Å². The van der Waals surface area contributed by atoms with Crippen LogP contribution in [-0.4, -0.2) is 24.3 Å². The van der Waals surface area contributed by atoms with Gasteiger partial charge in [0.05, 0.1) is 25.7 Å². The fourth-order valence-corrected chi connectivity index (χ4v) is 4.20. The quantitative estimate of drug-likeness (QED) is 0.316. The Bertz CT molecular complexity index is 846. The van der Waals surface area contributed by atoms with Gasteiger partial charge in [-0.25, -0.2) is 0 Å². The average Bonchev–Trinajstić information content (AvgIpc) is 3.11.